The number of aromatic nitrogens is 2. The van der Waals surface area contributed by atoms with Gasteiger partial charge in [-0.3, -0.25) is 4.63 Å². The smallest absolute Gasteiger partial charge is 1.00 e. The van der Waals surface area contributed by atoms with Crippen LogP contribution in [-0.2, 0) is 0 Å². The predicted octanol–water partition coefficient (Wildman–Crippen LogP) is -3.58. The molecule has 0 saturated heterocycles. The third-order valence-corrected chi connectivity index (χ3v) is 0.377. The molecule has 0 aliphatic carbocycles. The van der Waals surface area contributed by atoms with Gasteiger partial charge in [0.1, 0.15) is 0 Å². The fourth-order valence-electron chi connectivity index (χ4n) is 0.183. The maximum atomic E-state index is 9.76. The third kappa shape index (κ3) is 2.40. The molecule has 0 aliphatic rings. The average molecular weight is 126 g/mol. The van der Waals surface area contributed by atoms with E-state index in [-0.39, 0.29) is 57.7 Å². The third-order valence-electron chi connectivity index (χ3n) is 0.377. The van der Waals surface area contributed by atoms with E-state index in [0.717, 1.165) is 0 Å². The van der Waals surface area contributed by atoms with Gasteiger partial charge < -0.3 is 6.63 Å². The first-order valence-corrected chi connectivity index (χ1v) is 1.40. The van der Waals surface area contributed by atoms with Gasteiger partial charge in [0, 0.05) is 5.16 Å². The second-order valence-corrected chi connectivity index (χ2v) is 0.771. The quantitative estimate of drug-likeness (QED) is 0.267. The van der Waals surface area contributed by atoms with Gasteiger partial charge in [-0.25, -0.2) is 0 Å². The molecule has 0 aromatic carbocycles. The van der Waals surface area contributed by atoms with Crippen molar-refractivity contribution < 1.29 is 62.3 Å². The first-order valence-electron chi connectivity index (χ1n) is 1.40. The molecule has 1 heterocycles. The molecule has 0 spiro atoms. The summed E-state index contributed by atoms with van der Waals surface area (Å²) >= 11 is 0. The van der Waals surface area contributed by atoms with Crippen LogP contribution in [0, 0.1) is 5.21 Å². The molecule has 1 rings (SSSR count). The second-order valence-electron chi connectivity index (χ2n) is 0.771. The molecule has 0 unspecified atom stereocenters. The van der Waals surface area contributed by atoms with Crippen molar-refractivity contribution in [2.45, 2.75) is 0 Å². The fraction of sp³-hybridized carbons (Fsp3) is 0. The normalized spacial score (nSPS) is 7.43. The largest absolute Gasteiger partial charge is 1.00 e. The molecule has 0 fully saturated rings. The van der Waals surface area contributed by atoms with E-state index in [1.807, 2.05) is 0 Å². The molecule has 1 aromatic rings. The SMILES string of the molecule is [H-].[K+].[O-][n+]1ccno1. The van der Waals surface area contributed by atoms with Crippen molar-refractivity contribution in [3.05, 3.63) is 17.6 Å². The van der Waals surface area contributed by atoms with Crippen LogP contribution in [0.4, 0.5) is 0 Å². The number of nitrogens with zero attached hydrogens (tertiary/aromatic N) is 2. The van der Waals surface area contributed by atoms with Crippen LogP contribution in [-0.4, -0.2) is 5.16 Å². The predicted molar refractivity (Wildman–Crippen MR) is 16.6 cm³/mol. The van der Waals surface area contributed by atoms with Crippen LogP contribution >= 0.6 is 0 Å². The van der Waals surface area contributed by atoms with E-state index in [0.29, 0.717) is 0 Å². The molecular formula is C2H3KN2O2. The van der Waals surface area contributed by atoms with Gasteiger partial charge in [-0.2, -0.15) is 0 Å². The molecule has 0 radical (unpaired) electrons. The Labute approximate surface area is 83.9 Å². The minimum atomic E-state index is 0. The van der Waals surface area contributed by atoms with Crippen LogP contribution < -0.4 is 56.3 Å². The van der Waals surface area contributed by atoms with E-state index in [1.54, 1.807) is 0 Å². The standard InChI is InChI=1S/C2H2N2O2.K.H/c5-4-2-1-3-6-4;;/h1-2H;;/q;+1;-1. The summed E-state index contributed by atoms with van der Waals surface area (Å²) in [7, 11) is 0. The molecule has 4 nitrogen and oxygen atoms in total. The van der Waals surface area contributed by atoms with Gasteiger partial charge in [0.2, 0.25) is 6.20 Å². The van der Waals surface area contributed by atoms with Gasteiger partial charge in [0.05, 0.1) is 0 Å². The number of hydrogen-bond acceptors (Lipinski definition) is 3. The van der Waals surface area contributed by atoms with Gasteiger partial charge in [0.15, 0.2) is 6.20 Å². The van der Waals surface area contributed by atoms with E-state index >= 15 is 0 Å². The van der Waals surface area contributed by atoms with Crippen molar-refractivity contribution >= 4 is 0 Å². The Morgan fingerprint density at radius 1 is 1.86 bits per heavy atom. The molecule has 5 heteroatoms. The summed E-state index contributed by atoms with van der Waals surface area (Å²) in [5, 5.41) is 12.9. The van der Waals surface area contributed by atoms with E-state index in [4.69, 9.17) is 0 Å². The summed E-state index contributed by atoms with van der Waals surface area (Å²) in [6, 6.07) is 0. The van der Waals surface area contributed by atoms with Gasteiger partial charge in [-0.1, -0.05) is 0 Å². The Bertz CT molecular complexity index is 122. The molecule has 0 N–H and O–H groups in total. The first kappa shape index (κ1) is 7.58. The van der Waals surface area contributed by atoms with Gasteiger partial charge in [-0.05, 0) is 4.90 Å². The average Bonchev–Trinajstić information content (AvgIpc) is 1.86. The van der Waals surface area contributed by atoms with Crippen molar-refractivity contribution in [2.75, 3.05) is 0 Å². The monoisotopic (exact) mass is 126 g/mol. The molecule has 1 aromatic heterocycles. The van der Waals surface area contributed by atoms with Gasteiger partial charge in [-0.15, -0.1) is 0 Å². The van der Waals surface area contributed by atoms with Crippen LogP contribution in [0.5, 0.6) is 0 Å². The number of hydrogen-bond donors (Lipinski definition) is 0. The molecule has 0 saturated carbocycles. The Morgan fingerprint density at radius 3 is 2.71 bits per heavy atom. The Kier molecular flexibility index (Phi) is 3.86. The van der Waals surface area contributed by atoms with Crippen LogP contribution in [0.25, 0.3) is 0 Å². The summed E-state index contributed by atoms with van der Waals surface area (Å²) in [5.74, 6) is 0. The summed E-state index contributed by atoms with van der Waals surface area (Å²) in [6.45, 7) is 0. The van der Waals surface area contributed by atoms with E-state index < -0.39 is 0 Å². The Balaban J connectivity index is 0. The Hall–Kier alpha value is 0.576. The van der Waals surface area contributed by atoms with Crippen molar-refractivity contribution in [2.24, 2.45) is 0 Å². The van der Waals surface area contributed by atoms with E-state index in [9.17, 15) is 5.21 Å². The minimum absolute atomic E-state index is 0. The second kappa shape index (κ2) is 3.56. The molecule has 0 atom stereocenters. The van der Waals surface area contributed by atoms with Crippen LogP contribution in [0.1, 0.15) is 1.43 Å². The molecule has 0 aliphatic heterocycles. The zero-order valence-electron chi connectivity index (χ0n) is 4.87. The van der Waals surface area contributed by atoms with Crippen LogP contribution in [0.15, 0.2) is 17.0 Å². The van der Waals surface area contributed by atoms with Crippen LogP contribution in [0.3, 0.4) is 0 Å². The van der Waals surface area contributed by atoms with Crippen LogP contribution in [0.2, 0.25) is 0 Å². The Morgan fingerprint density at radius 2 is 2.57 bits per heavy atom. The van der Waals surface area contributed by atoms with E-state index in [1.165, 1.54) is 12.4 Å². The summed E-state index contributed by atoms with van der Waals surface area (Å²) in [5.41, 5.74) is 0. The molecule has 34 valence electrons. The van der Waals surface area contributed by atoms with Gasteiger partial charge >= 0.3 is 51.4 Å². The van der Waals surface area contributed by atoms with Crippen molar-refractivity contribution in [1.82, 2.24) is 5.16 Å². The minimum Gasteiger partial charge on any atom is -1.00 e. The maximum Gasteiger partial charge on any atom is 1.00 e. The zero-order valence-corrected chi connectivity index (χ0v) is 6.99. The van der Waals surface area contributed by atoms with Crippen molar-refractivity contribution in [1.29, 1.82) is 0 Å². The fourth-order valence-corrected chi connectivity index (χ4v) is 0.183. The van der Waals surface area contributed by atoms with Crippen molar-refractivity contribution in [3.8, 4) is 0 Å². The molecule has 0 amide bonds. The maximum absolute atomic E-state index is 9.76. The topological polar surface area (TPSA) is 53.0 Å². The summed E-state index contributed by atoms with van der Waals surface area (Å²) in [4.78, 5) is 0.264. The van der Waals surface area contributed by atoms with E-state index in [2.05, 4.69) is 9.79 Å². The zero-order chi connectivity index (χ0) is 4.41. The van der Waals surface area contributed by atoms with Crippen molar-refractivity contribution in [3.63, 3.8) is 0 Å². The first-order chi connectivity index (χ1) is 2.89. The van der Waals surface area contributed by atoms with Gasteiger partial charge in [0.25, 0.3) is 0 Å². The summed E-state index contributed by atoms with van der Waals surface area (Å²) in [6.07, 6.45) is 2.44. The number of rotatable bonds is 0. The molecular weight excluding hydrogens is 123 g/mol. The molecule has 0 bridgehead atoms. The summed E-state index contributed by atoms with van der Waals surface area (Å²) < 4.78 is 3.94. The molecule has 7 heavy (non-hydrogen) atoms.